The number of carboxylic acid groups (broad SMARTS) is 1. The number of thioether (sulfide) groups is 1. The van der Waals surface area contributed by atoms with Crippen molar-refractivity contribution in [2.75, 3.05) is 5.75 Å². The summed E-state index contributed by atoms with van der Waals surface area (Å²) in [6.07, 6.45) is 0.357. The molecule has 1 saturated heterocycles. The maximum atomic E-state index is 10.9. The Bertz CT molecular complexity index is 280. The number of amides is 1. The second-order valence-electron chi connectivity index (χ2n) is 3.04. The summed E-state index contributed by atoms with van der Waals surface area (Å²) in [5, 5.41) is 11.1. The van der Waals surface area contributed by atoms with E-state index in [1.807, 2.05) is 0 Å². The summed E-state index contributed by atoms with van der Waals surface area (Å²) < 4.78 is 0. The monoisotopic (exact) mass is 216 g/mol. The lowest BCUT2D eigenvalue weighted by Gasteiger charge is -2.10. The van der Waals surface area contributed by atoms with E-state index in [0.717, 1.165) is 0 Å². The van der Waals surface area contributed by atoms with E-state index in [1.165, 1.54) is 11.8 Å². The van der Waals surface area contributed by atoms with Gasteiger partial charge in [-0.25, -0.2) is 0 Å². The highest BCUT2D eigenvalue weighted by Crippen LogP contribution is 2.25. The molecule has 5 nitrogen and oxygen atoms in total. The Kier molecular flexibility index (Phi) is 3.54. The van der Waals surface area contributed by atoms with E-state index in [2.05, 4.69) is 11.9 Å². The number of rotatable bonds is 4. The molecular weight excluding hydrogens is 204 g/mol. The van der Waals surface area contributed by atoms with Crippen LogP contribution < -0.4 is 11.1 Å². The van der Waals surface area contributed by atoms with Crippen LogP contribution >= 0.6 is 11.8 Å². The van der Waals surface area contributed by atoms with E-state index in [0.29, 0.717) is 12.1 Å². The topological polar surface area (TPSA) is 92.4 Å². The minimum Gasteiger partial charge on any atom is -0.480 e. The minimum absolute atomic E-state index is 0.0482. The first kappa shape index (κ1) is 11.1. The normalized spacial score (nSPS) is 23.4. The molecule has 14 heavy (non-hydrogen) atoms. The molecule has 78 valence electrons. The van der Waals surface area contributed by atoms with Crippen molar-refractivity contribution in [1.82, 2.24) is 5.32 Å². The van der Waals surface area contributed by atoms with Crippen molar-refractivity contribution in [3.05, 3.63) is 12.3 Å². The van der Waals surface area contributed by atoms with Crippen LogP contribution in [0.25, 0.3) is 0 Å². The maximum absolute atomic E-state index is 10.9. The summed E-state index contributed by atoms with van der Waals surface area (Å²) in [6, 6.07) is -0.886. The third-order valence-corrected chi connectivity index (χ3v) is 3.26. The van der Waals surface area contributed by atoms with Gasteiger partial charge in [-0.15, -0.1) is 11.8 Å². The molecule has 0 saturated carbocycles. The van der Waals surface area contributed by atoms with Crippen LogP contribution in [0.2, 0.25) is 0 Å². The maximum Gasteiger partial charge on any atom is 0.321 e. The standard InChI is InChI=1S/C8H12N2O3S/c1-4-6(2-7(11)10-4)14-3-5(9)8(12)13/h5-6H,1-3,9H2,(H,10,11)(H,12,13)/t5-,6?/m0/s1. The van der Waals surface area contributed by atoms with Crippen molar-refractivity contribution in [2.24, 2.45) is 5.73 Å². The molecule has 4 N–H and O–H groups in total. The van der Waals surface area contributed by atoms with Crippen molar-refractivity contribution in [3.63, 3.8) is 0 Å². The molecule has 0 aliphatic carbocycles. The number of hydrogen-bond acceptors (Lipinski definition) is 4. The number of nitrogens with one attached hydrogen (secondary N) is 1. The summed E-state index contributed by atoms with van der Waals surface area (Å²) in [5.41, 5.74) is 5.96. The zero-order chi connectivity index (χ0) is 10.7. The number of hydrogen-bond donors (Lipinski definition) is 3. The number of aliphatic carboxylic acids is 1. The van der Waals surface area contributed by atoms with E-state index < -0.39 is 12.0 Å². The summed E-state index contributed by atoms with van der Waals surface area (Å²) in [4.78, 5) is 21.3. The van der Waals surface area contributed by atoms with Gasteiger partial charge in [-0.3, -0.25) is 9.59 Å². The van der Waals surface area contributed by atoms with E-state index in [1.54, 1.807) is 0 Å². The van der Waals surface area contributed by atoms with Crippen molar-refractivity contribution in [2.45, 2.75) is 17.7 Å². The fourth-order valence-electron chi connectivity index (χ4n) is 1.05. The fraction of sp³-hybridized carbons (Fsp3) is 0.500. The first-order valence-electron chi connectivity index (χ1n) is 4.09. The van der Waals surface area contributed by atoms with Gasteiger partial charge in [0.15, 0.2) is 0 Å². The minimum atomic E-state index is -1.03. The smallest absolute Gasteiger partial charge is 0.321 e. The summed E-state index contributed by atoms with van der Waals surface area (Å²) >= 11 is 1.34. The first-order valence-corrected chi connectivity index (χ1v) is 5.14. The highest BCUT2D eigenvalue weighted by Gasteiger charge is 2.27. The molecule has 0 bridgehead atoms. The Labute approximate surface area is 85.7 Å². The van der Waals surface area contributed by atoms with E-state index in [-0.39, 0.29) is 16.9 Å². The Hall–Kier alpha value is -1.01. The van der Waals surface area contributed by atoms with Crippen LogP contribution in [0.3, 0.4) is 0 Å². The molecule has 1 heterocycles. The van der Waals surface area contributed by atoms with Gasteiger partial charge in [-0.05, 0) is 0 Å². The molecule has 0 aromatic carbocycles. The SMILES string of the molecule is C=C1NC(=O)CC1SC[C@H](N)C(=O)O. The van der Waals surface area contributed by atoms with Gasteiger partial charge in [0, 0.05) is 17.9 Å². The molecular formula is C8H12N2O3S. The predicted octanol–water partition coefficient (Wildman–Crippen LogP) is -0.466. The zero-order valence-electron chi connectivity index (χ0n) is 7.53. The lowest BCUT2D eigenvalue weighted by molar-refractivity contribution is -0.137. The first-order chi connectivity index (χ1) is 6.50. The Morgan fingerprint density at radius 3 is 2.93 bits per heavy atom. The summed E-state index contributed by atoms with van der Waals surface area (Å²) in [5.74, 6) is -0.814. The van der Waals surface area contributed by atoms with Crippen molar-refractivity contribution in [3.8, 4) is 0 Å². The van der Waals surface area contributed by atoms with Gasteiger partial charge in [0.2, 0.25) is 5.91 Å². The molecule has 1 unspecified atom stereocenters. The third-order valence-electron chi connectivity index (χ3n) is 1.85. The highest BCUT2D eigenvalue weighted by atomic mass is 32.2. The van der Waals surface area contributed by atoms with Crippen LogP contribution in [-0.4, -0.2) is 34.0 Å². The fourth-order valence-corrected chi connectivity index (χ4v) is 2.16. The molecule has 1 rings (SSSR count). The van der Waals surface area contributed by atoms with E-state index in [9.17, 15) is 9.59 Å². The van der Waals surface area contributed by atoms with Gasteiger partial charge in [0.1, 0.15) is 6.04 Å². The van der Waals surface area contributed by atoms with Gasteiger partial charge in [-0.2, -0.15) is 0 Å². The second kappa shape index (κ2) is 4.47. The van der Waals surface area contributed by atoms with Crippen LogP contribution in [0.5, 0.6) is 0 Å². The summed E-state index contributed by atoms with van der Waals surface area (Å²) in [7, 11) is 0. The molecule has 2 atom stereocenters. The lowest BCUT2D eigenvalue weighted by atomic mass is 10.3. The quantitative estimate of drug-likeness (QED) is 0.591. The average Bonchev–Trinajstić information content (AvgIpc) is 2.40. The van der Waals surface area contributed by atoms with Gasteiger partial charge in [0.05, 0.1) is 5.25 Å². The summed E-state index contributed by atoms with van der Waals surface area (Å²) in [6.45, 7) is 3.67. The Balaban J connectivity index is 2.35. The second-order valence-corrected chi connectivity index (χ2v) is 4.28. The molecule has 0 aromatic heterocycles. The van der Waals surface area contributed by atoms with Crippen LogP contribution in [0, 0.1) is 0 Å². The van der Waals surface area contributed by atoms with Gasteiger partial charge >= 0.3 is 5.97 Å². The number of carbonyl (C=O) groups is 2. The zero-order valence-corrected chi connectivity index (χ0v) is 8.34. The van der Waals surface area contributed by atoms with Crippen LogP contribution in [0.1, 0.15) is 6.42 Å². The highest BCUT2D eigenvalue weighted by molar-refractivity contribution is 8.00. The molecule has 1 aliphatic heterocycles. The van der Waals surface area contributed by atoms with Crippen LogP contribution in [0.4, 0.5) is 0 Å². The molecule has 1 aliphatic rings. The Morgan fingerprint density at radius 2 is 2.50 bits per heavy atom. The molecule has 1 amide bonds. The van der Waals surface area contributed by atoms with Gasteiger partial charge < -0.3 is 16.2 Å². The van der Waals surface area contributed by atoms with Crippen LogP contribution in [0.15, 0.2) is 12.3 Å². The molecule has 0 aromatic rings. The number of carbonyl (C=O) groups excluding carboxylic acids is 1. The van der Waals surface area contributed by atoms with Crippen molar-refractivity contribution >= 4 is 23.6 Å². The van der Waals surface area contributed by atoms with Gasteiger partial charge in [-0.1, -0.05) is 6.58 Å². The third kappa shape index (κ3) is 2.74. The van der Waals surface area contributed by atoms with Gasteiger partial charge in [0.25, 0.3) is 0 Å². The van der Waals surface area contributed by atoms with E-state index in [4.69, 9.17) is 10.8 Å². The Morgan fingerprint density at radius 1 is 1.86 bits per heavy atom. The molecule has 6 heteroatoms. The van der Waals surface area contributed by atoms with Crippen LogP contribution in [-0.2, 0) is 9.59 Å². The van der Waals surface area contributed by atoms with Crippen molar-refractivity contribution in [1.29, 1.82) is 0 Å². The number of carboxylic acids is 1. The molecule has 0 spiro atoms. The number of nitrogens with two attached hydrogens (primary N) is 1. The molecule has 1 fully saturated rings. The lowest BCUT2D eigenvalue weighted by Crippen LogP contribution is -2.33. The predicted molar refractivity (Wildman–Crippen MR) is 53.8 cm³/mol. The van der Waals surface area contributed by atoms with E-state index >= 15 is 0 Å². The van der Waals surface area contributed by atoms with Crippen molar-refractivity contribution < 1.29 is 14.7 Å². The largest absolute Gasteiger partial charge is 0.480 e. The molecule has 0 radical (unpaired) electrons. The average molecular weight is 216 g/mol.